The maximum Gasteiger partial charge on any atom is 0.328 e. The molecule has 0 spiro atoms. The van der Waals surface area contributed by atoms with Gasteiger partial charge in [0, 0.05) is 24.0 Å². The molecule has 2 aromatic carbocycles. The predicted octanol–water partition coefficient (Wildman–Crippen LogP) is 4.25. The highest BCUT2D eigenvalue weighted by Gasteiger charge is 2.35. The zero-order valence-corrected chi connectivity index (χ0v) is 16.7. The van der Waals surface area contributed by atoms with Crippen molar-refractivity contribution in [3.8, 4) is 0 Å². The van der Waals surface area contributed by atoms with Gasteiger partial charge in [-0.15, -0.1) is 0 Å². The fourth-order valence-electron chi connectivity index (χ4n) is 4.13. The number of fused-ring (bicyclic) bond motifs is 1. The normalized spacial score (nSPS) is 16.7. The number of aromatic nitrogens is 1. The summed E-state index contributed by atoms with van der Waals surface area (Å²) in [4.78, 5) is 27.8. The standard InChI is InChI=1S/C24H26N2O3/c1-2-29-24(28)21-14-8-9-15-25(21)23(27)22-16-19-12-6-7-13-20(19)26(22)17-18-10-4-3-5-11-18/h3-7,10-13,16,21H,2,8-9,14-15,17H2,1H3. The van der Waals surface area contributed by atoms with Crippen molar-refractivity contribution in [1.82, 2.24) is 9.47 Å². The average molecular weight is 390 g/mol. The first-order valence-electron chi connectivity index (χ1n) is 10.3. The van der Waals surface area contributed by atoms with Crippen LogP contribution in [0.3, 0.4) is 0 Å². The van der Waals surface area contributed by atoms with Gasteiger partial charge in [0.15, 0.2) is 0 Å². The van der Waals surface area contributed by atoms with E-state index in [0.29, 0.717) is 31.8 Å². The van der Waals surface area contributed by atoms with E-state index in [1.165, 1.54) is 0 Å². The van der Waals surface area contributed by atoms with Crippen molar-refractivity contribution in [2.24, 2.45) is 0 Å². The summed E-state index contributed by atoms with van der Waals surface area (Å²) in [6, 6.07) is 19.6. The topological polar surface area (TPSA) is 51.5 Å². The zero-order valence-electron chi connectivity index (χ0n) is 16.7. The van der Waals surface area contributed by atoms with E-state index in [2.05, 4.69) is 16.7 Å². The van der Waals surface area contributed by atoms with Gasteiger partial charge in [0.25, 0.3) is 5.91 Å². The maximum absolute atomic E-state index is 13.6. The fourth-order valence-corrected chi connectivity index (χ4v) is 4.13. The Bertz CT molecular complexity index is 1010. The second-order valence-corrected chi connectivity index (χ2v) is 7.42. The SMILES string of the molecule is CCOC(=O)C1CCCCN1C(=O)c1cc2ccccc2n1Cc1ccccc1. The van der Waals surface area contributed by atoms with E-state index in [0.717, 1.165) is 29.3 Å². The van der Waals surface area contributed by atoms with E-state index in [-0.39, 0.29) is 11.9 Å². The summed E-state index contributed by atoms with van der Waals surface area (Å²) in [5.41, 5.74) is 2.76. The Morgan fingerprint density at radius 3 is 2.59 bits per heavy atom. The number of hydrogen-bond acceptors (Lipinski definition) is 3. The minimum atomic E-state index is -0.501. The highest BCUT2D eigenvalue weighted by molar-refractivity contribution is 6.00. The van der Waals surface area contributed by atoms with Gasteiger partial charge in [0.05, 0.1) is 6.61 Å². The van der Waals surface area contributed by atoms with Crippen LogP contribution in [0.5, 0.6) is 0 Å². The van der Waals surface area contributed by atoms with Crippen LogP contribution >= 0.6 is 0 Å². The molecule has 150 valence electrons. The summed E-state index contributed by atoms with van der Waals surface area (Å²) in [6.07, 6.45) is 2.49. The molecule has 29 heavy (non-hydrogen) atoms. The minimum Gasteiger partial charge on any atom is -0.464 e. The van der Waals surface area contributed by atoms with Crippen molar-refractivity contribution in [2.75, 3.05) is 13.2 Å². The van der Waals surface area contributed by atoms with Gasteiger partial charge in [-0.1, -0.05) is 48.5 Å². The molecule has 1 aliphatic heterocycles. The Balaban J connectivity index is 1.73. The number of hydrogen-bond donors (Lipinski definition) is 0. The third-order valence-electron chi connectivity index (χ3n) is 5.54. The number of likely N-dealkylation sites (tertiary alicyclic amines) is 1. The number of carbonyl (C=O) groups excluding carboxylic acids is 2. The fraction of sp³-hybridized carbons (Fsp3) is 0.333. The molecule has 1 aromatic heterocycles. The van der Waals surface area contributed by atoms with Crippen molar-refractivity contribution < 1.29 is 14.3 Å². The molecule has 0 radical (unpaired) electrons. The van der Waals surface area contributed by atoms with Crippen molar-refractivity contribution >= 4 is 22.8 Å². The molecule has 0 bridgehead atoms. The molecule has 5 nitrogen and oxygen atoms in total. The van der Waals surface area contributed by atoms with Crippen LogP contribution in [0.4, 0.5) is 0 Å². The molecular formula is C24H26N2O3. The van der Waals surface area contributed by atoms with Crippen molar-refractivity contribution in [3.05, 3.63) is 71.9 Å². The van der Waals surface area contributed by atoms with Gasteiger partial charge in [-0.05, 0) is 43.9 Å². The first-order chi connectivity index (χ1) is 14.2. The highest BCUT2D eigenvalue weighted by Crippen LogP contribution is 2.26. The number of piperidine rings is 1. The smallest absolute Gasteiger partial charge is 0.328 e. The Morgan fingerprint density at radius 2 is 1.79 bits per heavy atom. The second kappa shape index (κ2) is 8.52. The van der Waals surface area contributed by atoms with Gasteiger partial charge in [0.1, 0.15) is 11.7 Å². The van der Waals surface area contributed by atoms with Gasteiger partial charge < -0.3 is 14.2 Å². The monoisotopic (exact) mass is 390 g/mol. The highest BCUT2D eigenvalue weighted by atomic mass is 16.5. The molecule has 4 rings (SSSR count). The minimum absolute atomic E-state index is 0.102. The Morgan fingerprint density at radius 1 is 1.03 bits per heavy atom. The number of ether oxygens (including phenoxy) is 1. The molecule has 1 unspecified atom stereocenters. The number of amides is 1. The van der Waals surface area contributed by atoms with Gasteiger partial charge in [0.2, 0.25) is 0 Å². The van der Waals surface area contributed by atoms with Crippen LogP contribution < -0.4 is 0 Å². The van der Waals surface area contributed by atoms with Crippen LogP contribution in [0, 0.1) is 0 Å². The molecule has 2 heterocycles. The molecule has 1 amide bonds. The first kappa shape index (κ1) is 19.2. The summed E-state index contributed by atoms with van der Waals surface area (Å²) < 4.78 is 7.30. The predicted molar refractivity (Wildman–Crippen MR) is 113 cm³/mol. The lowest BCUT2D eigenvalue weighted by molar-refractivity contribution is -0.149. The number of rotatable bonds is 5. The Kier molecular flexibility index (Phi) is 5.65. The van der Waals surface area contributed by atoms with E-state index in [1.807, 2.05) is 48.5 Å². The lowest BCUT2D eigenvalue weighted by atomic mass is 10.0. The van der Waals surface area contributed by atoms with Gasteiger partial charge >= 0.3 is 5.97 Å². The molecular weight excluding hydrogens is 364 g/mol. The van der Waals surface area contributed by atoms with Crippen LogP contribution in [0.25, 0.3) is 10.9 Å². The molecule has 0 aliphatic carbocycles. The molecule has 1 aliphatic rings. The summed E-state index contributed by atoms with van der Waals surface area (Å²) in [5.74, 6) is -0.402. The Labute approximate surface area is 170 Å². The van der Waals surface area contributed by atoms with Gasteiger partial charge in [-0.25, -0.2) is 4.79 Å². The summed E-state index contributed by atoms with van der Waals surface area (Å²) in [5, 5.41) is 1.02. The quantitative estimate of drug-likeness (QED) is 0.612. The summed E-state index contributed by atoms with van der Waals surface area (Å²) >= 11 is 0. The molecule has 1 atom stereocenters. The van der Waals surface area contributed by atoms with Crippen LogP contribution in [0.1, 0.15) is 42.2 Å². The number of benzene rings is 2. The van der Waals surface area contributed by atoms with E-state index < -0.39 is 6.04 Å². The van der Waals surface area contributed by atoms with Gasteiger partial charge in [-0.2, -0.15) is 0 Å². The average Bonchev–Trinajstić information content (AvgIpc) is 3.12. The van der Waals surface area contributed by atoms with E-state index in [4.69, 9.17) is 4.74 Å². The first-order valence-corrected chi connectivity index (χ1v) is 10.3. The third-order valence-corrected chi connectivity index (χ3v) is 5.54. The second-order valence-electron chi connectivity index (χ2n) is 7.42. The lowest BCUT2D eigenvalue weighted by Gasteiger charge is -2.34. The van der Waals surface area contributed by atoms with Crippen LogP contribution in [0.2, 0.25) is 0 Å². The van der Waals surface area contributed by atoms with Crippen LogP contribution in [-0.4, -0.2) is 40.5 Å². The molecule has 5 heteroatoms. The lowest BCUT2D eigenvalue weighted by Crippen LogP contribution is -2.49. The molecule has 3 aromatic rings. The summed E-state index contributed by atoms with van der Waals surface area (Å²) in [6.45, 7) is 3.30. The molecule has 1 saturated heterocycles. The summed E-state index contributed by atoms with van der Waals surface area (Å²) in [7, 11) is 0. The number of para-hydroxylation sites is 1. The van der Waals surface area contributed by atoms with Crippen molar-refractivity contribution in [1.29, 1.82) is 0 Å². The van der Waals surface area contributed by atoms with Crippen LogP contribution in [-0.2, 0) is 16.1 Å². The van der Waals surface area contributed by atoms with Crippen LogP contribution in [0.15, 0.2) is 60.7 Å². The van der Waals surface area contributed by atoms with Crippen molar-refractivity contribution in [2.45, 2.75) is 38.8 Å². The Hall–Kier alpha value is -3.08. The van der Waals surface area contributed by atoms with E-state index >= 15 is 0 Å². The number of esters is 1. The largest absolute Gasteiger partial charge is 0.464 e. The van der Waals surface area contributed by atoms with Gasteiger partial charge in [-0.3, -0.25) is 4.79 Å². The zero-order chi connectivity index (χ0) is 20.2. The molecule has 0 N–H and O–H groups in total. The molecule has 1 fully saturated rings. The maximum atomic E-state index is 13.6. The number of carbonyl (C=O) groups is 2. The molecule has 0 saturated carbocycles. The third kappa shape index (κ3) is 3.90. The number of nitrogens with zero attached hydrogens (tertiary/aromatic N) is 2. The van der Waals surface area contributed by atoms with Crippen molar-refractivity contribution in [3.63, 3.8) is 0 Å². The van der Waals surface area contributed by atoms with E-state index in [9.17, 15) is 9.59 Å². The van der Waals surface area contributed by atoms with E-state index in [1.54, 1.807) is 11.8 Å².